The average Bonchev–Trinajstić information content (AvgIpc) is 2.04. The van der Waals surface area contributed by atoms with Gasteiger partial charge in [0.05, 0.1) is 5.56 Å². The maximum Gasteiger partial charge on any atom is 0.416 e. The second kappa shape index (κ2) is 4.93. The standard InChI is InChI=1S/C7H3F5.C2H6/c8-5-1-4(7(10,11)12)2-6(9)3-5;1-2/h1-3H;1-2H3. The molecule has 0 bridgehead atoms. The van der Waals surface area contributed by atoms with Gasteiger partial charge in [0.1, 0.15) is 11.6 Å². The first kappa shape index (κ1) is 12.9. The molecule has 0 fully saturated rings. The highest BCUT2D eigenvalue weighted by Crippen LogP contribution is 2.29. The molecule has 5 heteroatoms. The molecule has 1 aromatic carbocycles. The van der Waals surface area contributed by atoms with Gasteiger partial charge in [0, 0.05) is 6.07 Å². The van der Waals surface area contributed by atoms with Crippen LogP contribution in [0.1, 0.15) is 19.4 Å². The van der Waals surface area contributed by atoms with E-state index in [1.54, 1.807) is 0 Å². The first-order valence-electron chi connectivity index (χ1n) is 3.93. The maximum atomic E-state index is 12.2. The zero-order valence-electron chi connectivity index (χ0n) is 7.62. The molecule has 14 heavy (non-hydrogen) atoms. The van der Waals surface area contributed by atoms with Crippen molar-refractivity contribution in [3.05, 3.63) is 35.4 Å². The molecule has 0 radical (unpaired) electrons. The first-order valence-corrected chi connectivity index (χ1v) is 3.93. The molecule has 80 valence electrons. The number of hydrogen-bond acceptors (Lipinski definition) is 0. The molecule has 1 rings (SSSR count). The molecule has 1 aromatic rings. The molecular weight excluding hydrogens is 203 g/mol. The summed E-state index contributed by atoms with van der Waals surface area (Å²) >= 11 is 0. The van der Waals surface area contributed by atoms with Gasteiger partial charge in [-0.3, -0.25) is 0 Å². The normalized spacial score (nSPS) is 10.5. The molecule has 0 N–H and O–H groups in total. The maximum absolute atomic E-state index is 12.2. The molecule has 0 aromatic heterocycles. The van der Waals surface area contributed by atoms with Crippen LogP contribution in [-0.4, -0.2) is 0 Å². The molecule has 0 nitrogen and oxygen atoms in total. The van der Waals surface area contributed by atoms with Gasteiger partial charge in [-0.1, -0.05) is 13.8 Å². The minimum atomic E-state index is -4.71. The van der Waals surface area contributed by atoms with Crippen LogP contribution in [0.5, 0.6) is 0 Å². The lowest BCUT2D eigenvalue weighted by Gasteiger charge is -2.05. The van der Waals surface area contributed by atoms with Gasteiger partial charge in [-0.05, 0) is 12.1 Å². The minimum Gasteiger partial charge on any atom is -0.207 e. The quantitative estimate of drug-likeness (QED) is 0.570. The summed E-state index contributed by atoms with van der Waals surface area (Å²) in [4.78, 5) is 0. The Labute approximate surface area is 78.4 Å². The fraction of sp³-hybridized carbons (Fsp3) is 0.333. The van der Waals surface area contributed by atoms with Crippen LogP contribution in [0.3, 0.4) is 0 Å². The smallest absolute Gasteiger partial charge is 0.207 e. The molecule has 0 heterocycles. The van der Waals surface area contributed by atoms with Crippen LogP contribution >= 0.6 is 0 Å². The van der Waals surface area contributed by atoms with Crippen molar-refractivity contribution in [2.75, 3.05) is 0 Å². The topological polar surface area (TPSA) is 0 Å². The van der Waals surface area contributed by atoms with E-state index >= 15 is 0 Å². The number of halogens is 5. The third-order valence-electron chi connectivity index (χ3n) is 1.19. The van der Waals surface area contributed by atoms with Crippen LogP contribution in [0, 0.1) is 11.6 Å². The Balaban J connectivity index is 0.000000791. The predicted octanol–water partition coefficient (Wildman–Crippen LogP) is 4.01. The van der Waals surface area contributed by atoms with Crippen molar-refractivity contribution in [3.63, 3.8) is 0 Å². The number of benzene rings is 1. The molecule has 0 unspecified atom stereocenters. The Morgan fingerprint density at radius 3 is 1.50 bits per heavy atom. The largest absolute Gasteiger partial charge is 0.416 e. The summed E-state index contributed by atoms with van der Waals surface area (Å²) in [5.41, 5.74) is -1.32. The molecule has 0 spiro atoms. The number of alkyl halides is 3. The monoisotopic (exact) mass is 212 g/mol. The molecule has 0 atom stereocenters. The summed E-state index contributed by atoms with van der Waals surface area (Å²) in [6, 6.07) is 0.862. The second-order valence-electron chi connectivity index (χ2n) is 2.16. The van der Waals surface area contributed by atoms with E-state index in [-0.39, 0.29) is 12.1 Å². The first-order chi connectivity index (χ1) is 6.39. The summed E-state index contributed by atoms with van der Waals surface area (Å²) in [6.07, 6.45) is -4.71. The summed E-state index contributed by atoms with van der Waals surface area (Å²) in [6.45, 7) is 4.00. The Morgan fingerprint density at radius 2 is 1.21 bits per heavy atom. The van der Waals surface area contributed by atoms with Crippen molar-refractivity contribution < 1.29 is 22.0 Å². The van der Waals surface area contributed by atoms with E-state index in [9.17, 15) is 22.0 Å². The van der Waals surface area contributed by atoms with Crippen LogP contribution in [0.4, 0.5) is 22.0 Å². The van der Waals surface area contributed by atoms with Crippen LogP contribution in [0.15, 0.2) is 18.2 Å². The van der Waals surface area contributed by atoms with Crippen molar-refractivity contribution in [3.8, 4) is 0 Å². The van der Waals surface area contributed by atoms with Gasteiger partial charge >= 0.3 is 6.18 Å². The summed E-state index contributed by atoms with van der Waals surface area (Å²) in [5.74, 6) is -2.47. The van der Waals surface area contributed by atoms with Gasteiger partial charge in [0.15, 0.2) is 0 Å². The van der Waals surface area contributed by atoms with E-state index in [0.717, 1.165) is 0 Å². The number of rotatable bonds is 0. The lowest BCUT2D eigenvalue weighted by Crippen LogP contribution is -2.05. The number of hydrogen-bond donors (Lipinski definition) is 0. The van der Waals surface area contributed by atoms with Gasteiger partial charge in [0.25, 0.3) is 0 Å². The van der Waals surface area contributed by atoms with E-state index in [1.165, 1.54) is 0 Å². The average molecular weight is 212 g/mol. The summed E-state index contributed by atoms with van der Waals surface area (Å²) < 4.78 is 59.9. The Bertz CT molecular complexity index is 269. The predicted molar refractivity (Wildman–Crippen MR) is 42.7 cm³/mol. The SMILES string of the molecule is CC.Fc1cc(F)cc(C(F)(F)F)c1. The molecule has 0 aliphatic rings. The lowest BCUT2D eigenvalue weighted by molar-refractivity contribution is -0.138. The van der Waals surface area contributed by atoms with Crippen molar-refractivity contribution in [2.24, 2.45) is 0 Å². The Morgan fingerprint density at radius 1 is 0.857 bits per heavy atom. The molecule has 0 aliphatic heterocycles. The molecule has 0 aliphatic carbocycles. The van der Waals surface area contributed by atoms with Crippen molar-refractivity contribution in [1.82, 2.24) is 0 Å². The lowest BCUT2D eigenvalue weighted by atomic mass is 10.2. The zero-order chi connectivity index (χ0) is 11.4. The molecule has 0 saturated heterocycles. The van der Waals surface area contributed by atoms with E-state index < -0.39 is 23.4 Å². The van der Waals surface area contributed by atoms with Gasteiger partial charge in [-0.25, -0.2) is 8.78 Å². The Hall–Kier alpha value is -1.13. The molecule has 0 amide bonds. The van der Waals surface area contributed by atoms with Crippen LogP contribution in [0.25, 0.3) is 0 Å². The van der Waals surface area contributed by atoms with Crippen LogP contribution in [0.2, 0.25) is 0 Å². The molecule has 0 saturated carbocycles. The van der Waals surface area contributed by atoms with Crippen molar-refractivity contribution in [2.45, 2.75) is 20.0 Å². The van der Waals surface area contributed by atoms with E-state index in [2.05, 4.69) is 0 Å². The van der Waals surface area contributed by atoms with E-state index in [1.807, 2.05) is 13.8 Å². The third kappa shape index (κ3) is 3.72. The Kier molecular flexibility index (Phi) is 4.53. The highest BCUT2D eigenvalue weighted by atomic mass is 19.4. The van der Waals surface area contributed by atoms with Gasteiger partial charge in [-0.15, -0.1) is 0 Å². The van der Waals surface area contributed by atoms with Gasteiger partial charge in [-0.2, -0.15) is 13.2 Å². The van der Waals surface area contributed by atoms with Crippen LogP contribution < -0.4 is 0 Å². The highest BCUT2D eigenvalue weighted by Gasteiger charge is 2.31. The fourth-order valence-corrected chi connectivity index (χ4v) is 0.717. The van der Waals surface area contributed by atoms with Crippen molar-refractivity contribution in [1.29, 1.82) is 0 Å². The van der Waals surface area contributed by atoms with Gasteiger partial charge in [0.2, 0.25) is 0 Å². The molecular formula is C9H9F5. The highest BCUT2D eigenvalue weighted by molar-refractivity contribution is 5.20. The second-order valence-corrected chi connectivity index (χ2v) is 2.16. The third-order valence-corrected chi connectivity index (χ3v) is 1.19. The van der Waals surface area contributed by atoms with E-state index in [4.69, 9.17) is 0 Å². The fourth-order valence-electron chi connectivity index (χ4n) is 0.717. The van der Waals surface area contributed by atoms with Gasteiger partial charge < -0.3 is 0 Å². The van der Waals surface area contributed by atoms with Crippen LogP contribution in [-0.2, 0) is 6.18 Å². The van der Waals surface area contributed by atoms with E-state index in [0.29, 0.717) is 6.07 Å². The summed E-state index contributed by atoms with van der Waals surface area (Å²) in [7, 11) is 0. The zero-order valence-corrected chi connectivity index (χ0v) is 7.62. The minimum absolute atomic E-state index is 0.239. The van der Waals surface area contributed by atoms with Crippen molar-refractivity contribution >= 4 is 0 Å². The summed E-state index contributed by atoms with van der Waals surface area (Å²) in [5, 5.41) is 0.